The van der Waals surface area contributed by atoms with Gasteiger partial charge in [0.15, 0.2) is 5.78 Å². The van der Waals surface area contributed by atoms with E-state index in [4.69, 9.17) is 21.9 Å². The van der Waals surface area contributed by atoms with E-state index < -0.39 is 261 Å². The van der Waals surface area contributed by atoms with Gasteiger partial charge in [0.25, 0.3) is 5.91 Å². The van der Waals surface area contributed by atoms with Gasteiger partial charge in [-0.2, -0.15) is 0 Å². The van der Waals surface area contributed by atoms with Crippen LogP contribution in [0.2, 0.25) is 0 Å². The Labute approximate surface area is 677 Å². The first-order valence-corrected chi connectivity index (χ1v) is 38.3. The number of amides is 14. The maximum atomic E-state index is 14.9. The Balaban J connectivity index is 1.60. The van der Waals surface area contributed by atoms with Crippen molar-refractivity contribution in [3.63, 3.8) is 0 Å². The van der Waals surface area contributed by atoms with Gasteiger partial charge in [-0.1, -0.05) is 69.9 Å². The van der Waals surface area contributed by atoms with Gasteiger partial charge in [0.2, 0.25) is 76.8 Å². The minimum atomic E-state index is -2.46. The Kier molecular flexibility index (Phi) is 38.2. The van der Waals surface area contributed by atoms with E-state index in [0.717, 1.165) is 69.8 Å². The van der Waals surface area contributed by atoms with Crippen molar-refractivity contribution < 1.29 is 126 Å². The lowest BCUT2D eigenvalue weighted by Crippen LogP contribution is -2.62. The van der Waals surface area contributed by atoms with E-state index in [2.05, 4.69) is 65.1 Å². The number of fused-ring (bicyclic) bond motifs is 1. The molecule has 1 aliphatic heterocycles. The summed E-state index contributed by atoms with van der Waals surface area (Å²) < 4.78 is 5.69. The molecule has 25 N–H and O–H groups in total. The molecule has 118 heavy (non-hydrogen) atoms. The SMILES string of the molecule is CCCCCCCc1csc(C(=O)N[C@@H](Cc2c[nH]c3ccccc23)C(=O)N[C@@H](CC(N)=O)C(=O)N[C@@H](CC(=O)O)C(=O)N[C@@H]2C(=O)NCC(=O)N[C@@H](CCCN)C(=O)N[C@H](CC(=O)O)C(=O)N[C@H](C)C(=O)N[C@@H](CC(=O)O)C(=O)NCC(=O)N[C@H](CO)C(=O)N[C@@H]([C@@H](C)CC(=O)O)C(=O)N[C@@H](CC(=O)c3ccccc3N)C(=O)O[C@@H]2C)c1. The van der Waals surface area contributed by atoms with Gasteiger partial charge in [-0.05, 0) is 92.8 Å². The monoisotopic (exact) mass is 1670 g/mol. The second kappa shape index (κ2) is 47.1. The third kappa shape index (κ3) is 31.0. The van der Waals surface area contributed by atoms with Crippen LogP contribution in [0, 0.1) is 5.92 Å². The molecule has 0 aliphatic carbocycles. The number of cyclic esters (lactones) is 1. The Morgan fingerprint density at radius 2 is 1.15 bits per heavy atom. The van der Waals surface area contributed by atoms with Gasteiger partial charge in [-0.15, -0.1) is 11.3 Å². The van der Waals surface area contributed by atoms with Crippen LogP contribution in [-0.2, 0) is 104 Å². The Hall–Kier alpha value is -13.0. The number of nitrogens with two attached hydrogens (primary N) is 3. The zero-order valence-corrected chi connectivity index (χ0v) is 65.6. The molecule has 13 atom stereocenters. The minimum Gasteiger partial charge on any atom is -0.481 e. The number of aryl methyl sites for hydroxylation is 1. The highest BCUT2D eigenvalue weighted by molar-refractivity contribution is 7.12. The second-order valence-corrected chi connectivity index (χ2v) is 28.7. The number of aliphatic hydroxyl groups is 1. The van der Waals surface area contributed by atoms with Crippen molar-refractivity contribution in [1.29, 1.82) is 0 Å². The largest absolute Gasteiger partial charge is 0.481 e. The molecule has 43 nitrogen and oxygen atoms in total. The van der Waals surface area contributed by atoms with Crippen LogP contribution in [0.4, 0.5) is 5.69 Å². The second-order valence-electron chi connectivity index (χ2n) is 27.8. The van der Waals surface area contributed by atoms with Crippen molar-refractivity contribution in [2.24, 2.45) is 17.4 Å². The molecule has 642 valence electrons. The lowest BCUT2D eigenvalue weighted by molar-refractivity contribution is -0.156. The highest BCUT2D eigenvalue weighted by atomic mass is 32.1. The molecule has 1 aliphatic rings. The van der Waals surface area contributed by atoms with Gasteiger partial charge in [0.1, 0.15) is 72.6 Å². The summed E-state index contributed by atoms with van der Waals surface area (Å²) in [4.78, 5) is 278. The molecule has 1 fully saturated rings. The van der Waals surface area contributed by atoms with E-state index >= 15 is 0 Å². The Morgan fingerprint density at radius 3 is 1.77 bits per heavy atom. The van der Waals surface area contributed by atoms with E-state index in [-0.39, 0.29) is 35.5 Å². The number of Topliss-reactive ketones (excluding diaryl/α,β-unsaturated/α-hetero) is 1. The number of nitrogen functional groups attached to an aromatic ring is 1. The number of unbranched alkanes of at least 4 members (excludes halogenated alkanes) is 4. The van der Waals surface area contributed by atoms with E-state index in [1.807, 2.05) is 16.0 Å². The van der Waals surface area contributed by atoms with Crippen LogP contribution < -0.4 is 86.3 Å². The number of benzene rings is 2. The van der Waals surface area contributed by atoms with Crippen LogP contribution in [-0.4, -0.2) is 248 Å². The standard InChI is InChI=1S/C74H99N17O26S/c1-5-6-7-8-9-15-38-23-53(118-34-38)71(113)88-45(24-39-30-78-43-19-13-11-16-40(39)43)67(109)85-46(26-54(77)94)68(110)87-49(29-60(103)104)69(111)91-62-37(4)117-74(116)50(25-52(93)41-17-10-12-18-42(41)76)89-73(115)61(35(2)22-57(97)98)90-70(112)51(33-92)83-56(96)31-79-64(106)47(27-58(99)100)84-63(105)36(3)81-66(108)48(28-59(101)102)86-65(107)44(20-14-21-75)82-55(95)32-80-72(62)114/h10-13,16-19,23,30,34-37,44-51,61-62,78,92H,5-9,14-15,20-22,24-29,31-33,75-76H2,1-4H3,(H2,77,94)(H,79,106)(H,80,114)(H,81,108)(H,82,95)(H,83,96)(H,84,105)(H,85,109)(H,86,107)(H,87,110)(H,88,113)(H,89,115)(H,90,112)(H,91,111)(H,97,98)(H,99,100)(H,101,102)(H,103,104)/t35-,36+,37+,44-,45-,46-,47-,48+,49-,50-,51+,61-,62-/m0/s1. The molecule has 0 unspecified atom stereocenters. The van der Waals surface area contributed by atoms with E-state index in [1.165, 1.54) is 24.3 Å². The molecule has 3 heterocycles. The summed E-state index contributed by atoms with van der Waals surface area (Å²) in [6, 6.07) is -9.05. The number of hydrogen-bond donors (Lipinski definition) is 22. The number of carbonyl (C=O) groups excluding carboxylic acids is 16. The summed E-state index contributed by atoms with van der Waals surface area (Å²) in [5.74, 6) is -30.0. The zero-order valence-electron chi connectivity index (χ0n) is 64.7. The van der Waals surface area contributed by atoms with Crippen molar-refractivity contribution in [3.05, 3.63) is 87.7 Å². The molecule has 0 saturated carbocycles. The number of carboxylic acids is 4. The topological polar surface area (TPSA) is 702 Å². The number of nitrogens with one attached hydrogen (secondary N) is 14. The number of esters is 1. The van der Waals surface area contributed by atoms with Gasteiger partial charge in [0.05, 0.1) is 56.7 Å². The van der Waals surface area contributed by atoms with E-state index in [1.54, 1.807) is 41.9 Å². The summed E-state index contributed by atoms with van der Waals surface area (Å²) in [5.41, 5.74) is 18.9. The lowest BCUT2D eigenvalue weighted by Gasteiger charge is -2.30. The molecule has 5 rings (SSSR count). The number of aliphatic carboxylic acids is 4. The number of carboxylic acid groups (broad SMARTS) is 4. The fraction of sp³-hybridized carbons (Fsp3) is 0.486. The average Bonchev–Trinajstić information content (AvgIpc) is 1.67. The molecular weight excluding hydrogens is 1570 g/mol. The predicted octanol–water partition coefficient (Wildman–Crippen LogP) is -4.87. The smallest absolute Gasteiger partial charge is 0.329 e. The number of aromatic amines is 1. The molecule has 14 amide bonds. The summed E-state index contributed by atoms with van der Waals surface area (Å²) in [6.45, 7) is 1.11. The summed E-state index contributed by atoms with van der Waals surface area (Å²) in [7, 11) is 0. The molecule has 2 aromatic carbocycles. The number of carbonyl (C=O) groups is 20. The number of para-hydroxylation sites is 2. The average molecular weight is 1670 g/mol. The van der Waals surface area contributed by atoms with E-state index in [0.29, 0.717) is 22.9 Å². The number of ketones is 1. The van der Waals surface area contributed by atoms with Gasteiger partial charge in [-0.25, -0.2) is 4.79 Å². The normalized spacial score (nSPS) is 20.9. The highest BCUT2D eigenvalue weighted by Gasteiger charge is 2.41. The van der Waals surface area contributed by atoms with Gasteiger partial charge < -0.3 is 122 Å². The van der Waals surface area contributed by atoms with E-state index in [9.17, 15) is 121 Å². The van der Waals surface area contributed by atoms with Crippen molar-refractivity contribution >= 4 is 146 Å². The summed E-state index contributed by atoms with van der Waals surface area (Å²) >= 11 is 1.10. The van der Waals surface area contributed by atoms with Crippen LogP contribution in [0.1, 0.15) is 142 Å². The number of aliphatic hydroxyl groups excluding tert-OH is 1. The van der Waals surface area contributed by atoms with Crippen LogP contribution >= 0.6 is 11.3 Å². The van der Waals surface area contributed by atoms with Gasteiger partial charge >= 0.3 is 29.8 Å². The van der Waals surface area contributed by atoms with Crippen LogP contribution in [0.25, 0.3) is 10.9 Å². The number of hydrogen-bond acceptors (Lipinski definition) is 25. The Bertz CT molecular complexity index is 4360. The number of thiophene rings is 1. The first-order chi connectivity index (χ1) is 55.8. The third-order valence-electron chi connectivity index (χ3n) is 18.3. The fourth-order valence-corrected chi connectivity index (χ4v) is 12.9. The number of primary amides is 1. The van der Waals surface area contributed by atoms with Crippen LogP contribution in [0.3, 0.4) is 0 Å². The Morgan fingerprint density at radius 1 is 0.585 bits per heavy atom. The maximum Gasteiger partial charge on any atom is 0.329 e. The maximum absolute atomic E-state index is 14.9. The molecule has 2 aromatic heterocycles. The van der Waals surface area contributed by atoms with Gasteiger partial charge in [0, 0.05) is 41.2 Å². The molecule has 4 aromatic rings. The molecule has 0 bridgehead atoms. The molecule has 1 saturated heterocycles. The van der Waals surface area contributed by atoms with Crippen molar-refractivity contribution in [3.8, 4) is 0 Å². The molecule has 0 spiro atoms. The number of anilines is 1. The lowest BCUT2D eigenvalue weighted by atomic mass is 9.96. The predicted molar refractivity (Wildman–Crippen MR) is 414 cm³/mol. The first kappa shape index (κ1) is 95.6. The van der Waals surface area contributed by atoms with Crippen molar-refractivity contribution in [2.45, 2.75) is 197 Å². The summed E-state index contributed by atoms with van der Waals surface area (Å²) in [5, 5.41) is 80.6. The number of H-pyrrole nitrogens is 1. The quantitative estimate of drug-likeness (QED) is 0.00902. The minimum absolute atomic E-state index is 0.0969. The van der Waals surface area contributed by atoms with Crippen molar-refractivity contribution in [2.75, 3.05) is 32.0 Å². The van der Waals surface area contributed by atoms with Crippen LogP contribution in [0.15, 0.2) is 66.2 Å². The summed E-state index contributed by atoms with van der Waals surface area (Å²) in [6.07, 6.45) is -2.84. The molecule has 44 heteroatoms. The van der Waals surface area contributed by atoms with Crippen LogP contribution in [0.5, 0.6) is 0 Å². The molecular formula is C74H99N17O26S. The third-order valence-corrected chi connectivity index (χ3v) is 19.2. The number of ether oxygens (including phenoxy) is 1. The fourth-order valence-electron chi connectivity index (χ4n) is 12.0. The van der Waals surface area contributed by atoms with Gasteiger partial charge in [-0.3, -0.25) is 91.1 Å². The number of aromatic nitrogens is 1. The first-order valence-electron chi connectivity index (χ1n) is 37.4. The molecule has 0 radical (unpaired) electrons. The highest BCUT2D eigenvalue weighted by Crippen LogP contribution is 2.23. The number of rotatable bonds is 34. The van der Waals surface area contributed by atoms with Crippen molar-refractivity contribution in [1.82, 2.24) is 74.1 Å². The zero-order chi connectivity index (χ0) is 87.6.